The van der Waals surface area contributed by atoms with Gasteiger partial charge >= 0.3 is 0 Å². The molecule has 1 saturated heterocycles. The Morgan fingerprint density at radius 1 is 1.25 bits per heavy atom. The molecule has 8 heteroatoms. The fraction of sp³-hybridized carbons (Fsp3) is 0.700. The Labute approximate surface area is 169 Å². The van der Waals surface area contributed by atoms with Crippen LogP contribution in [0.2, 0.25) is 0 Å². The molecule has 5 fully saturated rings. The third-order valence-corrected chi connectivity index (χ3v) is 7.98. The molecule has 0 spiro atoms. The van der Waals surface area contributed by atoms with Crippen LogP contribution in [0, 0.1) is 23.2 Å². The molecule has 0 radical (unpaired) electrons. The minimum absolute atomic E-state index is 0.0104. The molecule has 4 bridgehead atoms. The highest BCUT2D eigenvalue weighted by Crippen LogP contribution is 2.58. The van der Waals surface area contributed by atoms with E-state index in [4.69, 9.17) is 0 Å². The molecular formula is C20H26N6OS. The van der Waals surface area contributed by atoms with E-state index in [0.717, 1.165) is 25.0 Å². The lowest BCUT2D eigenvalue weighted by Gasteiger charge is -2.62. The normalized spacial score (nSPS) is 38.4. The number of carbonyl (C=O) groups excluding carboxylic acids is 1. The summed E-state index contributed by atoms with van der Waals surface area (Å²) in [6.45, 7) is 0.329. The molecule has 4 aliphatic carbocycles. The van der Waals surface area contributed by atoms with Crippen molar-refractivity contribution in [1.29, 1.82) is 5.26 Å². The second kappa shape index (κ2) is 6.89. The third-order valence-electron chi connectivity index (χ3n) is 6.97. The fourth-order valence-corrected chi connectivity index (χ4v) is 7.48. The molecule has 5 aliphatic rings. The summed E-state index contributed by atoms with van der Waals surface area (Å²) < 4.78 is 0. The zero-order chi connectivity index (χ0) is 19.2. The number of anilines is 1. The molecule has 1 aromatic rings. The van der Waals surface area contributed by atoms with Gasteiger partial charge in [-0.2, -0.15) is 5.26 Å². The van der Waals surface area contributed by atoms with Crippen molar-refractivity contribution in [3.63, 3.8) is 0 Å². The number of nitrogens with one attached hydrogen (secondary N) is 2. The van der Waals surface area contributed by atoms with Crippen LogP contribution in [0.5, 0.6) is 0 Å². The first-order chi connectivity index (χ1) is 13.6. The van der Waals surface area contributed by atoms with Gasteiger partial charge in [-0.25, -0.2) is 9.97 Å². The van der Waals surface area contributed by atoms with Crippen LogP contribution in [-0.4, -0.2) is 56.1 Å². The van der Waals surface area contributed by atoms with E-state index in [1.54, 1.807) is 29.1 Å². The van der Waals surface area contributed by atoms with Gasteiger partial charge in [-0.15, -0.1) is 11.8 Å². The number of nitrogens with zero attached hydrogens (tertiary/aromatic N) is 4. The van der Waals surface area contributed by atoms with Gasteiger partial charge in [0, 0.05) is 29.2 Å². The van der Waals surface area contributed by atoms with Crippen LogP contribution in [0.1, 0.15) is 38.5 Å². The first-order valence-electron chi connectivity index (χ1n) is 10.2. The topological polar surface area (TPSA) is 93.9 Å². The Bertz CT molecular complexity index is 782. The minimum Gasteiger partial charge on any atom is -0.349 e. The summed E-state index contributed by atoms with van der Waals surface area (Å²) in [5.41, 5.74) is 0.0384. The lowest BCUT2D eigenvalue weighted by atomic mass is 9.50. The molecule has 28 heavy (non-hydrogen) atoms. The van der Waals surface area contributed by atoms with E-state index in [2.05, 4.69) is 26.7 Å². The van der Waals surface area contributed by atoms with Crippen LogP contribution in [0.15, 0.2) is 18.5 Å². The zero-order valence-electron chi connectivity index (χ0n) is 15.9. The van der Waals surface area contributed by atoms with Crippen molar-refractivity contribution in [2.45, 2.75) is 55.6 Å². The predicted molar refractivity (Wildman–Crippen MR) is 107 cm³/mol. The van der Waals surface area contributed by atoms with Crippen molar-refractivity contribution < 1.29 is 4.79 Å². The number of nitriles is 1. The highest BCUT2D eigenvalue weighted by Gasteiger charge is 2.58. The molecule has 1 amide bonds. The molecule has 6 rings (SSSR count). The molecule has 2 heterocycles. The molecule has 7 nitrogen and oxygen atoms in total. The van der Waals surface area contributed by atoms with Crippen LogP contribution in [-0.2, 0) is 4.79 Å². The van der Waals surface area contributed by atoms with Crippen molar-refractivity contribution >= 4 is 23.6 Å². The van der Waals surface area contributed by atoms with E-state index < -0.39 is 0 Å². The van der Waals surface area contributed by atoms with Gasteiger partial charge in [0.25, 0.3) is 0 Å². The van der Waals surface area contributed by atoms with E-state index >= 15 is 0 Å². The average Bonchev–Trinajstić information content (AvgIpc) is 3.14. The van der Waals surface area contributed by atoms with Gasteiger partial charge in [-0.3, -0.25) is 4.79 Å². The smallest absolute Gasteiger partial charge is 0.238 e. The van der Waals surface area contributed by atoms with Crippen molar-refractivity contribution in [3.05, 3.63) is 18.5 Å². The van der Waals surface area contributed by atoms with Gasteiger partial charge in [0.2, 0.25) is 11.9 Å². The molecule has 3 atom stereocenters. The Kier molecular flexibility index (Phi) is 4.48. The SMILES string of the molecule is N#C[C@@H]1CSCN1C(=O)CNC12CC3CC(C1)CC(Nc1ncccn1)(C3)C2. The summed E-state index contributed by atoms with van der Waals surface area (Å²) in [6.07, 6.45) is 10.5. The van der Waals surface area contributed by atoms with Gasteiger partial charge in [0.05, 0.1) is 18.5 Å². The number of carbonyl (C=O) groups is 1. The second-order valence-electron chi connectivity index (χ2n) is 9.08. The molecule has 2 unspecified atom stereocenters. The molecule has 1 aromatic heterocycles. The van der Waals surface area contributed by atoms with E-state index in [9.17, 15) is 10.1 Å². The molecule has 1 aliphatic heterocycles. The first-order valence-corrected chi connectivity index (χ1v) is 11.3. The monoisotopic (exact) mass is 398 g/mol. The Balaban J connectivity index is 1.30. The maximum atomic E-state index is 12.7. The van der Waals surface area contributed by atoms with Crippen LogP contribution in [0.3, 0.4) is 0 Å². The van der Waals surface area contributed by atoms with Gasteiger partial charge < -0.3 is 15.5 Å². The van der Waals surface area contributed by atoms with E-state index in [0.29, 0.717) is 30.2 Å². The predicted octanol–water partition coefficient (Wildman–Crippen LogP) is 1.99. The summed E-state index contributed by atoms with van der Waals surface area (Å²) >= 11 is 1.66. The third kappa shape index (κ3) is 3.25. The van der Waals surface area contributed by atoms with Crippen LogP contribution in [0.25, 0.3) is 0 Å². The highest BCUT2D eigenvalue weighted by atomic mass is 32.2. The fourth-order valence-electron chi connectivity index (χ4n) is 6.38. The Hall–Kier alpha value is -1.85. The Morgan fingerprint density at radius 2 is 1.96 bits per heavy atom. The van der Waals surface area contributed by atoms with Crippen molar-refractivity contribution in [3.8, 4) is 6.07 Å². The van der Waals surface area contributed by atoms with Gasteiger partial charge in [-0.1, -0.05) is 0 Å². The van der Waals surface area contributed by atoms with Gasteiger partial charge in [0.1, 0.15) is 6.04 Å². The molecule has 148 valence electrons. The first kappa shape index (κ1) is 18.2. The number of hydrogen-bond acceptors (Lipinski definition) is 7. The maximum absolute atomic E-state index is 12.7. The lowest BCUT2D eigenvalue weighted by molar-refractivity contribution is -0.131. The number of hydrogen-bond donors (Lipinski definition) is 2. The summed E-state index contributed by atoms with van der Waals surface area (Å²) in [5, 5.41) is 16.6. The largest absolute Gasteiger partial charge is 0.349 e. The quantitative estimate of drug-likeness (QED) is 0.783. The highest BCUT2D eigenvalue weighted by molar-refractivity contribution is 7.99. The maximum Gasteiger partial charge on any atom is 0.238 e. The average molecular weight is 399 g/mol. The number of rotatable bonds is 5. The van der Waals surface area contributed by atoms with E-state index in [1.165, 1.54) is 19.3 Å². The summed E-state index contributed by atoms with van der Waals surface area (Å²) in [4.78, 5) is 23.2. The molecule has 0 aromatic carbocycles. The van der Waals surface area contributed by atoms with E-state index in [1.807, 2.05) is 6.07 Å². The van der Waals surface area contributed by atoms with Gasteiger partial charge in [-0.05, 0) is 56.4 Å². The minimum atomic E-state index is -0.279. The molecule has 4 saturated carbocycles. The number of thioether (sulfide) groups is 1. The van der Waals surface area contributed by atoms with Crippen LogP contribution >= 0.6 is 11.8 Å². The summed E-state index contributed by atoms with van der Waals surface area (Å²) in [6, 6.07) is 3.81. The van der Waals surface area contributed by atoms with Gasteiger partial charge in [0.15, 0.2) is 0 Å². The Morgan fingerprint density at radius 3 is 2.68 bits per heavy atom. The lowest BCUT2D eigenvalue weighted by Crippen LogP contribution is -2.67. The summed E-state index contributed by atoms with van der Waals surface area (Å²) in [7, 11) is 0. The number of amides is 1. The van der Waals surface area contributed by atoms with E-state index in [-0.39, 0.29) is 23.0 Å². The number of aromatic nitrogens is 2. The van der Waals surface area contributed by atoms with Crippen molar-refractivity contribution in [2.75, 3.05) is 23.5 Å². The van der Waals surface area contributed by atoms with Crippen molar-refractivity contribution in [2.24, 2.45) is 11.8 Å². The zero-order valence-corrected chi connectivity index (χ0v) is 16.7. The second-order valence-corrected chi connectivity index (χ2v) is 10.1. The molecular weight excluding hydrogens is 372 g/mol. The van der Waals surface area contributed by atoms with Crippen LogP contribution < -0.4 is 10.6 Å². The van der Waals surface area contributed by atoms with Crippen LogP contribution in [0.4, 0.5) is 5.95 Å². The molecule has 2 N–H and O–H groups in total. The van der Waals surface area contributed by atoms with Crippen molar-refractivity contribution in [1.82, 2.24) is 20.2 Å². The summed E-state index contributed by atoms with van der Waals surface area (Å²) in [5.74, 6) is 3.50. The standard InChI is InChI=1S/C20H26N6OS/c21-9-16-11-28-13-26(16)17(27)10-24-19-5-14-4-15(6-19)8-20(7-14,12-19)25-18-22-2-1-3-23-18/h1-3,14-16,24H,4-8,10-13H2,(H,22,23,25)/t14?,15?,16-,19?,20?/m1/s1.